The molecule has 0 saturated heterocycles. The molecule has 0 bridgehead atoms. The van der Waals surface area contributed by atoms with Crippen LogP contribution < -0.4 is 10.5 Å². The van der Waals surface area contributed by atoms with E-state index in [-0.39, 0.29) is 0 Å². The summed E-state index contributed by atoms with van der Waals surface area (Å²) in [6, 6.07) is 7.57. The first-order valence-corrected chi connectivity index (χ1v) is 5.58. The Morgan fingerprint density at radius 3 is 2.89 bits per heavy atom. The van der Waals surface area contributed by atoms with Crippen LogP contribution >= 0.6 is 0 Å². The van der Waals surface area contributed by atoms with Gasteiger partial charge in [0.15, 0.2) is 0 Å². The zero-order chi connectivity index (χ0) is 12.7. The number of nitrogens with one attached hydrogen (secondary N) is 1. The van der Waals surface area contributed by atoms with E-state index in [0.717, 1.165) is 27.9 Å². The topological polar surface area (TPSA) is 77.1 Å². The fourth-order valence-electron chi connectivity index (χ4n) is 2.24. The third-order valence-electron chi connectivity index (χ3n) is 2.98. The number of aromatic nitrogens is 2. The number of aryl methyl sites for hydroxylation is 1. The van der Waals surface area contributed by atoms with Gasteiger partial charge in [-0.3, -0.25) is 0 Å². The van der Waals surface area contributed by atoms with Crippen LogP contribution in [0.1, 0.15) is 5.69 Å². The van der Waals surface area contributed by atoms with Crippen molar-refractivity contribution in [2.75, 3.05) is 12.8 Å². The lowest BCUT2D eigenvalue weighted by Gasteiger charge is -2.03. The Bertz CT molecular complexity index is 712. The van der Waals surface area contributed by atoms with E-state index in [9.17, 15) is 0 Å². The Morgan fingerprint density at radius 1 is 1.39 bits per heavy atom. The van der Waals surface area contributed by atoms with Gasteiger partial charge in [0.05, 0.1) is 18.0 Å². The van der Waals surface area contributed by atoms with Gasteiger partial charge in [-0.05, 0) is 19.1 Å². The number of nitrogen functional groups attached to an aromatic ring is 1. The molecule has 2 aromatic heterocycles. The maximum atomic E-state index is 5.58. The van der Waals surface area contributed by atoms with Crippen molar-refractivity contribution < 1.29 is 9.26 Å². The molecule has 0 aliphatic heterocycles. The summed E-state index contributed by atoms with van der Waals surface area (Å²) in [4.78, 5) is 3.31. The summed E-state index contributed by atoms with van der Waals surface area (Å²) in [6.07, 6.45) is 0. The molecule has 0 fully saturated rings. The predicted molar refractivity (Wildman–Crippen MR) is 69.5 cm³/mol. The van der Waals surface area contributed by atoms with Crippen LogP contribution in [0.15, 0.2) is 28.8 Å². The van der Waals surface area contributed by atoms with Crippen LogP contribution in [0.5, 0.6) is 5.75 Å². The first-order chi connectivity index (χ1) is 8.70. The minimum atomic E-state index is 0.300. The number of hydrogen-bond acceptors (Lipinski definition) is 4. The second-order valence-corrected chi connectivity index (χ2v) is 4.12. The number of rotatable bonds is 2. The summed E-state index contributed by atoms with van der Waals surface area (Å²) in [5.41, 5.74) is 9.25. The molecule has 0 spiro atoms. The Morgan fingerprint density at radius 2 is 2.22 bits per heavy atom. The minimum Gasteiger partial charge on any atom is -0.496 e. The van der Waals surface area contributed by atoms with Gasteiger partial charge < -0.3 is 20.0 Å². The second-order valence-electron chi connectivity index (χ2n) is 4.12. The molecule has 0 unspecified atom stereocenters. The van der Waals surface area contributed by atoms with Crippen LogP contribution in [-0.4, -0.2) is 17.3 Å². The third-order valence-corrected chi connectivity index (χ3v) is 2.98. The molecule has 92 valence electrons. The molecule has 1 aromatic carbocycles. The fraction of sp³-hybridized carbons (Fsp3) is 0.154. The van der Waals surface area contributed by atoms with Crippen LogP contribution in [0.3, 0.4) is 0 Å². The Hall–Kier alpha value is -2.43. The molecule has 3 N–H and O–H groups in total. The van der Waals surface area contributed by atoms with E-state index in [1.165, 1.54) is 0 Å². The monoisotopic (exact) mass is 243 g/mol. The van der Waals surface area contributed by atoms with Gasteiger partial charge in [0.1, 0.15) is 11.4 Å². The predicted octanol–water partition coefficient (Wildman–Crippen LogP) is 2.72. The highest BCUT2D eigenvalue weighted by Gasteiger charge is 2.17. The molecule has 0 aliphatic carbocycles. The molecule has 3 rings (SSSR count). The summed E-state index contributed by atoms with van der Waals surface area (Å²) >= 11 is 0. The van der Waals surface area contributed by atoms with E-state index >= 15 is 0 Å². The standard InChI is InChI=1S/C13H13N3O2/c1-7-12(9-6-11(14)18-16-9)13-8(15-7)4-3-5-10(13)17-2/h3-6,15H,14H2,1-2H3. The smallest absolute Gasteiger partial charge is 0.222 e. The van der Waals surface area contributed by atoms with Crippen molar-refractivity contribution in [1.29, 1.82) is 0 Å². The quantitative estimate of drug-likeness (QED) is 0.725. The SMILES string of the molecule is COc1cccc2[nH]c(C)c(-c3cc(N)on3)c12. The van der Waals surface area contributed by atoms with E-state index < -0.39 is 0 Å². The van der Waals surface area contributed by atoms with Crippen LogP contribution in [0.25, 0.3) is 22.2 Å². The Balaban J connectivity index is 2.37. The molecular formula is C13H13N3O2. The largest absolute Gasteiger partial charge is 0.496 e. The van der Waals surface area contributed by atoms with E-state index in [4.69, 9.17) is 15.0 Å². The highest BCUT2D eigenvalue weighted by molar-refractivity contribution is 6.00. The number of anilines is 1. The van der Waals surface area contributed by atoms with E-state index in [0.29, 0.717) is 11.6 Å². The highest BCUT2D eigenvalue weighted by Crippen LogP contribution is 2.37. The average molecular weight is 243 g/mol. The Labute approximate surface area is 104 Å². The van der Waals surface area contributed by atoms with Gasteiger partial charge in [-0.2, -0.15) is 0 Å². The van der Waals surface area contributed by atoms with Gasteiger partial charge in [0, 0.05) is 17.3 Å². The summed E-state index contributed by atoms with van der Waals surface area (Å²) in [5.74, 6) is 1.10. The molecule has 0 radical (unpaired) electrons. The van der Waals surface area contributed by atoms with Gasteiger partial charge in [-0.15, -0.1) is 0 Å². The number of nitrogens with two attached hydrogens (primary N) is 1. The van der Waals surface area contributed by atoms with Gasteiger partial charge in [-0.25, -0.2) is 0 Å². The lowest BCUT2D eigenvalue weighted by Crippen LogP contribution is -1.85. The molecule has 3 aromatic rings. The number of aromatic amines is 1. The van der Waals surface area contributed by atoms with Gasteiger partial charge in [0.25, 0.3) is 0 Å². The number of hydrogen-bond donors (Lipinski definition) is 2. The van der Waals surface area contributed by atoms with Crippen LogP contribution in [0, 0.1) is 6.92 Å². The summed E-state index contributed by atoms with van der Waals surface area (Å²) in [7, 11) is 1.65. The van der Waals surface area contributed by atoms with Crippen molar-refractivity contribution in [1.82, 2.24) is 10.1 Å². The fourth-order valence-corrected chi connectivity index (χ4v) is 2.24. The lowest BCUT2D eigenvalue weighted by atomic mass is 10.1. The van der Waals surface area contributed by atoms with Gasteiger partial charge in [-0.1, -0.05) is 11.2 Å². The lowest BCUT2D eigenvalue weighted by molar-refractivity contribution is 0.420. The van der Waals surface area contributed by atoms with Crippen molar-refractivity contribution in [3.63, 3.8) is 0 Å². The molecular weight excluding hydrogens is 230 g/mol. The molecule has 5 nitrogen and oxygen atoms in total. The maximum absolute atomic E-state index is 5.58. The Kier molecular flexibility index (Phi) is 2.26. The summed E-state index contributed by atoms with van der Waals surface area (Å²) < 4.78 is 10.3. The zero-order valence-corrected chi connectivity index (χ0v) is 10.2. The normalized spacial score (nSPS) is 11.0. The zero-order valence-electron chi connectivity index (χ0n) is 10.2. The molecule has 18 heavy (non-hydrogen) atoms. The highest BCUT2D eigenvalue weighted by atomic mass is 16.5. The van der Waals surface area contributed by atoms with E-state index in [2.05, 4.69) is 10.1 Å². The molecule has 0 aliphatic rings. The van der Waals surface area contributed by atoms with Crippen molar-refractivity contribution in [2.45, 2.75) is 6.92 Å². The van der Waals surface area contributed by atoms with Crippen molar-refractivity contribution in [2.24, 2.45) is 0 Å². The van der Waals surface area contributed by atoms with Crippen LogP contribution in [-0.2, 0) is 0 Å². The molecule has 0 saturated carbocycles. The summed E-state index contributed by atoms with van der Waals surface area (Å²) in [6.45, 7) is 1.99. The van der Waals surface area contributed by atoms with Crippen LogP contribution in [0.4, 0.5) is 5.88 Å². The number of methoxy groups -OCH3 is 1. The first kappa shape index (κ1) is 10.7. The van der Waals surface area contributed by atoms with Crippen molar-refractivity contribution >= 4 is 16.8 Å². The number of H-pyrrole nitrogens is 1. The first-order valence-electron chi connectivity index (χ1n) is 5.58. The number of fused-ring (bicyclic) bond motifs is 1. The van der Waals surface area contributed by atoms with Gasteiger partial charge >= 0.3 is 0 Å². The van der Waals surface area contributed by atoms with E-state index in [1.54, 1.807) is 13.2 Å². The van der Waals surface area contributed by atoms with Crippen LogP contribution in [0.2, 0.25) is 0 Å². The molecule has 0 atom stereocenters. The number of ether oxygens (including phenoxy) is 1. The number of benzene rings is 1. The van der Waals surface area contributed by atoms with Crippen molar-refractivity contribution in [3.05, 3.63) is 30.0 Å². The minimum absolute atomic E-state index is 0.300. The average Bonchev–Trinajstić information content (AvgIpc) is 2.91. The molecule has 2 heterocycles. The number of nitrogens with zero attached hydrogens (tertiary/aromatic N) is 1. The second kappa shape index (κ2) is 3.80. The molecule has 5 heteroatoms. The van der Waals surface area contributed by atoms with Gasteiger partial charge in [0.2, 0.25) is 5.88 Å². The van der Waals surface area contributed by atoms with E-state index in [1.807, 2.05) is 25.1 Å². The maximum Gasteiger partial charge on any atom is 0.222 e. The third kappa shape index (κ3) is 1.44. The summed E-state index contributed by atoms with van der Waals surface area (Å²) in [5, 5.41) is 4.96. The molecule has 0 amide bonds. The van der Waals surface area contributed by atoms with Crippen molar-refractivity contribution in [3.8, 4) is 17.0 Å².